The van der Waals surface area contributed by atoms with E-state index in [0.29, 0.717) is 12.6 Å². The molecule has 6 rings (SSSR count). The standard InChI is InChI=1S/C29H46FN5O3/c1-19(2)33-13-15-34(16-14-33)26-22(30)17-20-25-28(26)38-24-8-4-3-7-23(24)35(25)18-21(27(20)36)29(37)31-9-12-32-10-5-6-11-32/h18-20,22-26,28H,3-17H2,1-2H3,(H,31,37). The summed E-state index contributed by atoms with van der Waals surface area (Å²) in [5.41, 5.74) is 0.217. The summed E-state index contributed by atoms with van der Waals surface area (Å²) in [5, 5.41) is 3.00. The molecule has 0 bridgehead atoms. The molecule has 0 spiro atoms. The second-order valence-electron chi connectivity index (χ2n) is 12.7. The molecular weight excluding hydrogens is 485 g/mol. The van der Waals surface area contributed by atoms with Crippen molar-refractivity contribution in [1.82, 2.24) is 24.9 Å². The number of piperazine rings is 1. The topological polar surface area (TPSA) is 68.4 Å². The highest BCUT2D eigenvalue weighted by atomic mass is 19.1. The van der Waals surface area contributed by atoms with Gasteiger partial charge in [-0.2, -0.15) is 0 Å². The molecular formula is C29H46FN5O3. The molecule has 38 heavy (non-hydrogen) atoms. The number of fused-ring (bicyclic) bond motifs is 2. The van der Waals surface area contributed by atoms with Crippen LogP contribution < -0.4 is 5.32 Å². The summed E-state index contributed by atoms with van der Waals surface area (Å²) in [5.74, 6) is -1.03. The number of ketones is 1. The van der Waals surface area contributed by atoms with Gasteiger partial charge in [0.05, 0.1) is 35.9 Å². The highest BCUT2D eigenvalue weighted by Crippen LogP contribution is 2.46. The first-order valence-corrected chi connectivity index (χ1v) is 15.2. The van der Waals surface area contributed by atoms with Crippen LogP contribution in [-0.2, 0) is 14.3 Å². The van der Waals surface area contributed by atoms with Crippen LogP contribution in [-0.4, -0.2) is 126 Å². The van der Waals surface area contributed by atoms with E-state index in [9.17, 15) is 9.59 Å². The van der Waals surface area contributed by atoms with Crippen LogP contribution in [0.4, 0.5) is 4.39 Å². The van der Waals surface area contributed by atoms with Crippen molar-refractivity contribution in [3.8, 4) is 0 Å². The summed E-state index contributed by atoms with van der Waals surface area (Å²) in [6.45, 7) is 11.4. The Kier molecular flexibility index (Phi) is 7.82. The molecule has 2 aliphatic carbocycles. The van der Waals surface area contributed by atoms with Crippen molar-refractivity contribution >= 4 is 11.7 Å². The van der Waals surface area contributed by atoms with Gasteiger partial charge in [-0.15, -0.1) is 0 Å². The normalized spacial score (nSPS) is 38.6. The van der Waals surface area contributed by atoms with E-state index in [1.165, 1.54) is 12.8 Å². The third kappa shape index (κ3) is 4.93. The first-order valence-electron chi connectivity index (χ1n) is 15.2. The van der Waals surface area contributed by atoms with Crippen LogP contribution in [0.5, 0.6) is 0 Å². The third-order valence-corrected chi connectivity index (χ3v) is 10.2. The molecule has 5 fully saturated rings. The van der Waals surface area contributed by atoms with E-state index in [1.807, 2.05) is 6.20 Å². The van der Waals surface area contributed by atoms with Gasteiger partial charge in [0.15, 0.2) is 5.78 Å². The van der Waals surface area contributed by atoms with Crippen molar-refractivity contribution in [2.24, 2.45) is 5.92 Å². The number of amides is 1. The van der Waals surface area contributed by atoms with Gasteiger partial charge in [0, 0.05) is 57.4 Å². The number of likely N-dealkylation sites (tertiary alicyclic amines) is 1. The molecule has 9 heteroatoms. The number of rotatable bonds is 6. The Morgan fingerprint density at radius 2 is 1.79 bits per heavy atom. The molecule has 8 nitrogen and oxygen atoms in total. The zero-order chi connectivity index (χ0) is 26.4. The fourth-order valence-corrected chi connectivity index (χ4v) is 8.14. The summed E-state index contributed by atoms with van der Waals surface area (Å²) in [7, 11) is 0. The van der Waals surface area contributed by atoms with Gasteiger partial charge < -0.3 is 19.9 Å². The largest absolute Gasteiger partial charge is 0.369 e. The fraction of sp³-hybridized carbons (Fsp3) is 0.862. The van der Waals surface area contributed by atoms with Gasteiger partial charge in [-0.05, 0) is 59.0 Å². The van der Waals surface area contributed by atoms with Crippen molar-refractivity contribution in [3.63, 3.8) is 0 Å². The second kappa shape index (κ2) is 11.1. The van der Waals surface area contributed by atoms with E-state index in [0.717, 1.165) is 71.5 Å². The number of hydrogen-bond acceptors (Lipinski definition) is 7. The molecule has 1 amide bonds. The Morgan fingerprint density at radius 3 is 2.53 bits per heavy atom. The van der Waals surface area contributed by atoms with Gasteiger partial charge in [0.1, 0.15) is 6.17 Å². The maximum Gasteiger partial charge on any atom is 0.256 e. The summed E-state index contributed by atoms with van der Waals surface area (Å²) in [6.07, 6.45) is 7.15. The Bertz CT molecular complexity index is 916. The lowest BCUT2D eigenvalue weighted by atomic mass is 9.69. The summed E-state index contributed by atoms with van der Waals surface area (Å²) in [4.78, 5) is 36.4. The maximum absolute atomic E-state index is 16.1. The number of morpholine rings is 1. The highest BCUT2D eigenvalue weighted by molar-refractivity contribution is 6.20. The van der Waals surface area contributed by atoms with Gasteiger partial charge >= 0.3 is 0 Å². The average molecular weight is 532 g/mol. The molecule has 0 radical (unpaired) electrons. The average Bonchev–Trinajstić information content (AvgIpc) is 3.43. The Balaban J connectivity index is 1.23. The number of halogens is 1. The maximum atomic E-state index is 16.1. The number of alkyl halides is 1. The molecule has 6 aliphatic rings. The van der Waals surface area contributed by atoms with E-state index in [-0.39, 0.29) is 54.0 Å². The number of carbonyl (C=O) groups is 2. The van der Waals surface area contributed by atoms with Gasteiger partial charge in [-0.3, -0.25) is 19.4 Å². The smallest absolute Gasteiger partial charge is 0.256 e. The minimum Gasteiger partial charge on any atom is -0.369 e. The van der Waals surface area contributed by atoms with Crippen LogP contribution in [0.3, 0.4) is 0 Å². The summed E-state index contributed by atoms with van der Waals surface area (Å²) >= 11 is 0. The zero-order valence-corrected chi connectivity index (χ0v) is 23.2. The molecule has 2 saturated carbocycles. The number of ether oxygens (including phenoxy) is 1. The van der Waals surface area contributed by atoms with Gasteiger partial charge in [-0.1, -0.05) is 12.8 Å². The predicted octanol–water partition coefficient (Wildman–Crippen LogP) is 1.80. The molecule has 0 aromatic rings. The predicted molar refractivity (Wildman–Crippen MR) is 143 cm³/mol. The van der Waals surface area contributed by atoms with Crippen LogP contribution in [0.2, 0.25) is 0 Å². The van der Waals surface area contributed by atoms with Crippen LogP contribution in [0.25, 0.3) is 0 Å². The summed E-state index contributed by atoms with van der Waals surface area (Å²) < 4.78 is 22.9. The fourth-order valence-electron chi connectivity index (χ4n) is 8.14. The van der Waals surface area contributed by atoms with Crippen molar-refractivity contribution in [2.45, 2.75) is 101 Å². The lowest BCUT2D eigenvalue weighted by Gasteiger charge is -2.60. The lowest BCUT2D eigenvalue weighted by Crippen LogP contribution is -2.74. The van der Waals surface area contributed by atoms with E-state index >= 15 is 4.39 Å². The van der Waals surface area contributed by atoms with Crippen molar-refractivity contribution in [3.05, 3.63) is 11.8 Å². The molecule has 7 atom stereocenters. The number of nitrogens with zero attached hydrogens (tertiary/aromatic N) is 4. The van der Waals surface area contributed by atoms with Gasteiger partial charge in [0.25, 0.3) is 5.91 Å². The molecule has 212 valence electrons. The Morgan fingerprint density at radius 1 is 1.05 bits per heavy atom. The first kappa shape index (κ1) is 26.7. The van der Waals surface area contributed by atoms with E-state index < -0.39 is 12.1 Å². The number of nitrogens with one attached hydrogen (secondary N) is 1. The zero-order valence-electron chi connectivity index (χ0n) is 23.2. The van der Waals surface area contributed by atoms with Crippen molar-refractivity contribution < 1.29 is 18.7 Å². The minimum atomic E-state index is -1.14. The van der Waals surface area contributed by atoms with Crippen LogP contribution in [0.1, 0.15) is 58.8 Å². The van der Waals surface area contributed by atoms with Crippen molar-refractivity contribution in [2.75, 3.05) is 52.4 Å². The minimum absolute atomic E-state index is 0.0272. The molecule has 3 saturated heterocycles. The van der Waals surface area contributed by atoms with Gasteiger partial charge in [-0.25, -0.2) is 4.39 Å². The lowest BCUT2D eigenvalue weighted by molar-refractivity contribution is -0.213. The molecule has 4 aliphatic heterocycles. The number of Topliss-reactive ketones (excluding diaryl/α,β-unsaturated/α-hetero) is 1. The monoisotopic (exact) mass is 531 g/mol. The molecule has 4 heterocycles. The molecule has 1 N–H and O–H groups in total. The Hall–Kier alpha value is -1.55. The van der Waals surface area contributed by atoms with Crippen LogP contribution in [0.15, 0.2) is 11.8 Å². The molecule has 0 aromatic carbocycles. The SMILES string of the molecule is CC(C)N1CCN(C2C(F)CC3C(=O)C(C(=O)NCCN4CCCC4)=CN4C5CCCCC5OC2C34)CC1. The third-order valence-electron chi connectivity index (χ3n) is 10.2. The summed E-state index contributed by atoms with van der Waals surface area (Å²) in [6, 6.07) is 0.109. The van der Waals surface area contributed by atoms with Crippen LogP contribution in [0, 0.1) is 5.92 Å². The van der Waals surface area contributed by atoms with Gasteiger partial charge in [0.2, 0.25) is 0 Å². The van der Waals surface area contributed by atoms with E-state index in [4.69, 9.17) is 4.74 Å². The quantitative estimate of drug-likeness (QED) is 0.525. The molecule has 7 unspecified atom stereocenters. The first-order chi connectivity index (χ1) is 18.4. The van der Waals surface area contributed by atoms with Crippen LogP contribution >= 0.6 is 0 Å². The number of hydrogen-bond donors (Lipinski definition) is 1. The van der Waals surface area contributed by atoms with E-state index in [2.05, 4.69) is 38.8 Å². The molecule has 0 aromatic heterocycles. The highest BCUT2D eigenvalue weighted by Gasteiger charge is 2.59. The second-order valence-corrected chi connectivity index (χ2v) is 12.7. The van der Waals surface area contributed by atoms with Crippen molar-refractivity contribution in [1.29, 1.82) is 0 Å². The number of carbonyl (C=O) groups excluding carboxylic acids is 2. The van der Waals surface area contributed by atoms with E-state index in [1.54, 1.807) is 0 Å². The Labute approximate surface area is 226 Å².